The Hall–Kier alpha value is -1.89. The quantitative estimate of drug-likeness (QED) is 0.927. The van der Waals surface area contributed by atoms with Crippen LogP contribution in [-0.4, -0.2) is 5.91 Å². The van der Waals surface area contributed by atoms with Crippen molar-refractivity contribution in [1.82, 2.24) is 5.32 Å². The molecule has 3 fully saturated rings. The van der Waals surface area contributed by atoms with Crippen molar-refractivity contribution in [2.24, 2.45) is 29.6 Å². The van der Waals surface area contributed by atoms with E-state index < -0.39 is 5.82 Å². The van der Waals surface area contributed by atoms with E-state index in [9.17, 15) is 9.18 Å². The largest absolute Gasteiger partial charge is 0.352 e. The number of nitriles is 1. The Labute approximate surface area is 123 Å². The van der Waals surface area contributed by atoms with E-state index in [4.69, 9.17) is 5.26 Å². The number of hydrogen-bond donors (Lipinski definition) is 1. The fraction of sp³-hybridized carbons (Fsp3) is 0.529. The molecule has 4 heteroatoms. The average Bonchev–Trinajstić information content (AvgIpc) is 2.93. The number of nitrogens with zero attached hydrogens (tertiary/aromatic N) is 1. The molecular formula is C17H17FN2O. The lowest BCUT2D eigenvalue weighted by molar-refractivity contribution is -0.123. The van der Waals surface area contributed by atoms with Crippen molar-refractivity contribution in [3.8, 4) is 6.07 Å². The summed E-state index contributed by atoms with van der Waals surface area (Å²) in [7, 11) is 0. The molecule has 4 rings (SSSR count). The summed E-state index contributed by atoms with van der Waals surface area (Å²) in [6.07, 6.45) is 3.91. The monoisotopic (exact) mass is 284 g/mol. The van der Waals surface area contributed by atoms with Gasteiger partial charge in [-0.2, -0.15) is 5.26 Å². The van der Waals surface area contributed by atoms with Crippen LogP contribution in [0.2, 0.25) is 0 Å². The van der Waals surface area contributed by atoms with E-state index in [-0.39, 0.29) is 18.4 Å². The molecule has 3 saturated carbocycles. The lowest BCUT2D eigenvalue weighted by atomic mass is 10.0. The van der Waals surface area contributed by atoms with Crippen molar-refractivity contribution in [2.75, 3.05) is 0 Å². The minimum atomic E-state index is -0.426. The van der Waals surface area contributed by atoms with E-state index >= 15 is 0 Å². The van der Waals surface area contributed by atoms with Crippen LogP contribution in [0.4, 0.5) is 4.39 Å². The van der Waals surface area contributed by atoms with Gasteiger partial charge in [-0.15, -0.1) is 0 Å². The first-order chi connectivity index (χ1) is 10.2. The van der Waals surface area contributed by atoms with Gasteiger partial charge < -0.3 is 5.32 Å². The second-order valence-electron chi connectivity index (χ2n) is 6.65. The van der Waals surface area contributed by atoms with Crippen LogP contribution in [0, 0.1) is 46.7 Å². The minimum absolute atomic E-state index is 0.0883. The summed E-state index contributed by atoms with van der Waals surface area (Å²) >= 11 is 0. The molecule has 0 spiro atoms. The van der Waals surface area contributed by atoms with Crippen LogP contribution in [0.3, 0.4) is 0 Å². The summed E-state index contributed by atoms with van der Waals surface area (Å²) in [5, 5.41) is 11.6. The third kappa shape index (κ3) is 1.95. The van der Waals surface area contributed by atoms with Crippen molar-refractivity contribution < 1.29 is 9.18 Å². The second kappa shape index (κ2) is 4.56. The molecule has 0 aliphatic heterocycles. The van der Waals surface area contributed by atoms with Gasteiger partial charge in [-0.3, -0.25) is 4.79 Å². The maximum atomic E-state index is 13.8. The second-order valence-corrected chi connectivity index (χ2v) is 6.65. The summed E-state index contributed by atoms with van der Waals surface area (Å²) in [6, 6.07) is 6.28. The van der Waals surface area contributed by atoms with E-state index in [0.29, 0.717) is 23.0 Å². The molecule has 3 aliphatic carbocycles. The van der Waals surface area contributed by atoms with Gasteiger partial charge in [0.25, 0.3) is 0 Å². The first-order valence-corrected chi connectivity index (χ1v) is 7.65. The highest BCUT2D eigenvalue weighted by Crippen LogP contribution is 2.69. The van der Waals surface area contributed by atoms with Crippen LogP contribution in [0.1, 0.15) is 30.4 Å². The Balaban J connectivity index is 1.38. The number of carbonyl (C=O) groups excluding carboxylic acids is 1. The van der Waals surface area contributed by atoms with Gasteiger partial charge in [0.1, 0.15) is 5.82 Å². The van der Waals surface area contributed by atoms with E-state index in [0.717, 1.165) is 11.8 Å². The molecule has 4 atom stereocenters. The van der Waals surface area contributed by atoms with Crippen LogP contribution in [0.5, 0.6) is 0 Å². The fourth-order valence-electron chi connectivity index (χ4n) is 4.74. The SMILES string of the molecule is N#Cc1ccc(CNC(=O)C2C3C4CCC(C4)C23)c(F)c1. The highest BCUT2D eigenvalue weighted by molar-refractivity contribution is 5.82. The van der Waals surface area contributed by atoms with Crippen molar-refractivity contribution in [3.63, 3.8) is 0 Å². The summed E-state index contributed by atoms with van der Waals surface area (Å²) in [4.78, 5) is 12.3. The number of carbonyl (C=O) groups is 1. The third-order valence-corrected chi connectivity index (χ3v) is 5.67. The Morgan fingerprint density at radius 1 is 1.33 bits per heavy atom. The predicted octanol–water partition coefficient (Wildman–Crippen LogP) is 2.61. The summed E-state index contributed by atoms with van der Waals surface area (Å²) in [5.41, 5.74) is 0.743. The molecule has 1 aromatic rings. The van der Waals surface area contributed by atoms with Crippen molar-refractivity contribution >= 4 is 5.91 Å². The molecular weight excluding hydrogens is 267 g/mol. The lowest BCUT2D eigenvalue weighted by Gasteiger charge is -2.10. The lowest BCUT2D eigenvalue weighted by Crippen LogP contribution is -2.27. The molecule has 0 saturated heterocycles. The maximum Gasteiger partial charge on any atom is 0.223 e. The molecule has 1 aromatic carbocycles. The van der Waals surface area contributed by atoms with Gasteiger partial charge in [-0.25, -0.2) is 4.39 Å². The van der Waals surface area contributed by atoms with Crippen molar-refractivity contribution in [1.29, 1.82) is 5.26 Å². The number of amides is 1. The minimum Gasteiger partial charge on any atom is -0.352 e. The molecule has 3 aliphatic rings. The molecule has 4 unspecified atom stereocenters. The van der Waals surface area contributed by atoms with Gasteiger partial charge in [0.2, 0.25) is 5.91 Å². The van der Waals surface area contributed by atoms with Crippen molar-refractivity contribution in [2.45, 2.75) is 25.8 Å². The topological polar surface area (TPSA) is 52.9 Å². The van der Waals surface area contributed by atoms with Gasteiger partial charge in [0, 0.05) is 18.0 Å². The number of fused-ring (bicyclic) bond motifs is 5. The van der Waals surface area contributed by atoms with E-state index in [1.54, 1.807) is 12.1 Å². The average molecular weight is 284 g/mol. The van der Waals surface area contributed by atoms with Crippen LogP contribution >= 0.6 is 0 Å². The molecule has 108 valence electrons. The Morgan fingerprint density at radius 2 is 2.05 bits per heavy atom. The van der Waals surface area contributed by atoms with Gasteiger partial charge in [-0.05, 0) is 55.1 Å². The molecule has 1 N–H and O–H groups in total. The van der Waals surface area contributed by atoms with E-state index in [1.165, 1.54) is 25.3 Å². The van der Waals surface area contributed by atoms with Crippen LogP contribution < -0.4 is 5.32 Å². The number of benzene rings is 1. The van der Waals surface area contributed by atoms with E-state index in [2.05, 4.69) is 5.32 Å². The Morgan fingerprint density at radius 3 is 2.67 bits per heavy atom. The van der Waals surface area contributed by atoms with Crippen LogP contribution in [0.25, 0.3) is 0 Å². The number of halogens is 1. The van der Waals surface area contributed by atoms with Gasteiger partial charge in [0.15, 0.2) is 0 Å². The Bertz CT molecular complexity index is 635. The zero-order valence-corrected chi connectivity index (χ0v) is 11.7. The van der Waals surface area contributed by atoms with Gasteiger partial charge >= 0.3 is 0 Å². The molecule has 21 heavy (non-hydrogen) atoms. The fourth-order valence-corrected chi connectivity index (χ4v) is 4.74. The molecule has 0 heterocycles. The number of nitrogens with one attached hydrogen (secondary N) is 1. The first-order valence-electron chi connectivity index (χ1n) is 7.65. The molecule has 0 aromatic heterocycles. The smallest absolute Gasteiger partial charge is 0.223 e. The highest BCUT2D eigenvalue weighted by atomic mass is 19.1. The van der Waals surface area contributed by atoms with Gasteiger partial charge in [-0.1, -0.05) is 6.07 Å². The van der Waals surface area contributed by atoms with Crippen LogP contribution in [-0.2, 0) is 11.3 Å². The predicted molar refractivity (Wildman–Crippen MR) is 74.3 cm³/mol. The molecule has 2 bridgehead atoms. The van der Waals surface area contributed by atoms with Crippen molar-refractivity contribution in [3.05, 3.63) is 35.1 Å². The number of rotatable bonds is 3. The summed E-state index contributed by atoms with van der Waals surface area (Å²) in [5.74, 6) is 2.59. The normalized spacial score (nSPS) is 35.1. The summed E-state index contributed by atoms with van der Waals surface area (Å²) in [6.45, 7) is 0.210. The number of hydrogen-bond acceptors (Lipinski definition) is 2. The first kappa shape index (κ1) is 12.8. The maximum absolute atomic E-state index is 13.8. The highest BCUT2D eigenvalue weighted by Gasteiger charge is 2.67. The molecule has 3 nitrogen and oxygen atoms in total. The Kier molecular flexibility index (Phi) is 2.78. The zero-order chi connectivity index (χ0) is 14.6. The standard InChI is InChI=1S/C17H17FN2O/c18-13-5-9(7-19)1-2-12(13)8-20-17(21)16-14-10-3-4-11(6-10)15(14)16/h1-2,5,10-11,14-16H,3-4,6,8H2,(H,20,21). The van der Waals surface area contributed by atoms with E-state index in [1.807, 2.05) is 6.07 Å². The molecule has 1 amide bonds. The summed E-state index contributed by atoms with van der Waals surface area (Å²) < 4.78 is 13.8. The third-order valence-electron chi connectivity index (χ3n) is 5.67. The zero-order valence-electron chi connectivity index (χ0n) is 11.7. The van der Waals surface area contributed by atoms with Gasteiger partial charge in [0.05, 0.1) is 11.6 Å². The molecule has 0 radical (unpaired) electrons. The van der Waals surface area contributed by atoms with Crippen LogP contribution in [0.15, 0.2) is 18.2 Å².